The first kappa shape index (κ1) is 11.7. The molecular formula is C13H11ClN2OS. The van der Waals surface area contributed by atoms with E-state index in [-0.39, 0.29) is 6.04 Å². The number of benzene rings is 1. The molecule has 3 rings (SSSR count). The number of nitrogens with one attached hydrogen (secondary N) is 1. The van der Waals surface area contributed by atoms with Crippen molar-refractivity contribution in [3.8, 4) is 0 Å². The molecule has 0 spiro atoms. The van der Waals surface area contributed by atoms with E-state index in [1.807, 2.05) is 41.8 Å². The van der Waals surface area contributed by atoms with Crippen molar-refractivity contribution < 1.29 is 4.42 Å². The van der Waals surface area contributed by atoms with Crippen molar-refractivity contribution in [2.75, 3.05) is 0 Å². The Balaban J connectivity index is 2.09. The van der Waals surface area contributed by atoms with Gasteiger partial charge in [0, 0.05) is 10.3 Å². The zero-order chi connectivity index (χ0) is 12.5. The standard InChI is InChI=1S/C13H11ClN2OS/c14-9-5-6-18-13(9)12(16-15)11-7-8-3-1-2-4-10(8)17-11/h1-7,12,16H,15H2. The van der Waals surface area contributed by atoms with E-state index in [4.69, 9.17) is 21.9 Å². The lowest BCUT2D eigenvalue weighted by Crippen LogP contribution is -2.28. The highest BCUT2D eigenvalue weighted by molar-refractivity contribution is 7.10. The second-order valence-corrected chi connectivity index (χ2v) is 5.27. The molecule has 92 valence electrons. The van der Waals surface area contributed by atoms with E-state index in [1.165, 1.54) is 0 Å². The highest BCUT2D eigenvalue weighted by Crippen LogP contribution is 2.34. The normalized spacial score (nSPS) is 13.0. The minimum Gasteiger partial charge on any atom is -0.459 e. The van der Waals surface area contributed by atoms with Gasteiger partial charge in [0.1, 0.15) is 17.4 Å². The molecule has 0 saturated carbocycles. The summed E-state index contributed by atoms with van der Waals surface area (Å²) in [5.41, 5.74) is 3.60. The van der Waals surface area contributed by atoms with Gasteiger partial charge >= 0.3 is 0 Å². The van der Waals surface area contributed by atoms with Crippen LogP contribution in [0.2, 0.25) is 5.02 Å². The van der Waals surface area contributed by atoms with Gasteiger partial charge in [-0.1, -0.05) is 29.8 Å². The first-order chi connectivity index (χ1) is 8.79. The molecular weight excluding hydrogens is 268 g/mol. The monoisotopic (exact) mass is 278 g/mol. The maximum Gasteiger partial charge on any atom is 0.134 e. The summed E-state index contributed by atoms with van der Waals surface area (Å²) >= 11 is 7.69. The van der Waals surface area contributed by atoms with Crippen molar-refractivity contribution in [1.82, 2.24) is 5.43 Å². The van der Waals surface area contributed by atoms with Crippen LogP contribution in [0.5, 0.6) is 0 Å². The maximum atomic E-state index is 6.14. The van der Waals surface area contributed by atoms with Crippen LogP contribution >= 0.6 is 22.9 Å². The van der Waals surface area contributed by atoms with Gasteiger partial charge in [0.2, 0.25) is 0 Å². The van der Waals surface area contributed by atoms with Crippen LogP contribution in [0.15, 0.2) is 46.2 Å². The summed E-state index contributed by atoms with van der Waals surface area (Å²) in [6, 6.07) is 11.5. The van der Waals surface area contributed by atoms with E-state index in [0.717, 1.165) is 21.6 Å². The number of nitrogens with two attached hydrogens (primary N) is 1. The Morgan fingerprint density at radius 1 is 1.28 bits per heavy atom. The van der Waals surface area contributed by atoms with Crippen molar-refractivity contribution in [3.63, 3.8) is 0 Å². The SMILES string of the molecule is NNC(c1cc2ccccc2o1)c1sccc1Cl. The van der Waals surface area contributed by atoms with Gasteiger partial charge in [-0.15, -0.1) is 11.3 Å². The molecule has 0 aliphatic heterocycles. The minimum absolute atomic E-state index is 0.218. The average molecular weight is 279 g/mol. The number of hydrogen-bond acceptors (Lipinski definition) is 4. The topological polar surface area (TPSA) is 51.2 Å². The van der Waals surface area contributed by atoms with E-state index < -0.39 is 0 Å². The van der Waals surface area contributed by atoms with Crippen molar-refractivity contribution in [2.24, 2.45) is 5.84 Å². The molecule has 0 radical (unpaired) electrons. The molecule has 0 saturated heterocycles. The van der Waals surface area contributed by atoms with Crippen LogP contribution in [-0.4, -0.2) is 0 Å². The average Bonchev–Trinajstić information content (AvgIpc) is 2.97. The number of hydrazine groups is 1. The summed E-state index contributed by atoms with van der Waals surface area (Å²) in [4.78, 5) is 0.957. The second kappa shape index (κ2) is 4.74. The molecule has 0 aliphatic carbocycles. The zero-order valence-corrected chi connectivity index (χ0v) is 11.0. The van der Waals surface area contributed by atoms with Crippen LogP contribution in [-0.2, 0) is 0 Å². The molecule has 3 N–H and O–H groups in total. The van der Waals surface area contributed by atoms with E-state index in [1.54, 1.807) is 11.3 Å². The lowest BCUT2D eigenvalue weighted by Gasteiger charge is -2.11. The van der Waals surface area contributed by atoms with Crippen LogP contribution in [0, 0.1) is 0 Å². The highest BCUT2D eigenvalue weighted by atomic mass is 35.5. The van der Waals surface area contributed by atoms with E-state index in [0.29, 0.717) is 5.02 Å². The quantitative estimate of drug-likeness (QED) is 0.567. The molecule has 0 bridgehead atoms. The zero-order valence-electron chi connectivity index (χ0n) is 9.39. The number of halogens is 1. The van der Waals surface area contributed by atoms with Gasteiger partial charge in [-0.3, -0.25) is 5.84 Å². The van der Waals surface area contributed by atoms with Crippen LogP contribution in [0.4, 0.5) is 0 Å². The van der Waals surface area contributed by atoms with Gasteiger partial charge in [0.25, 0.3) is 0 Å². The van der Waals surface area contributed by atoms with Crippen LogP contribution < -0.4 is 11.3 Å². The summed E-state index contributed by atoms with van der Waals surface area (Å²) in [7, 11) is 0. The van der Waals surface area contributed by atoms with E-state index in [2.05, 4.69) is 5.43 Å². The maximum absolute atomic E-state index is 6.14. The number of hydrogen-bond donors (Lipinski definition) is 2. The third-order valence-corrected chi connectivity index (χ3v) is 4.23. The Bertz CT molecular complexity index is 643. The van der Waals surface area contributed by atoms with Gasteiger partial charge in [-0.05, 0) is 23.6 Å². The first-order valence-corrected chi connectivity index (χ1v) is 6.73. The molecule has 0 amide bonds. The molecule has 0 fully saturated rings. The van der Waals surface area contributed by atoms with Crippen molar-refractivity contribution in [1.29, 1.82) is 0 Å². The molecule has 5 heteroatoms. The summed E-state index contributed by atoms with van der Waals surface area (Å²) in [6.07, 6.45) is 0. The van der Waals surface area contributed by atoms with Crippen molar-refractivity contribution >= 4 is 33.9 Å². The number of para-hydroxylation sites is 1. The number of furan rings is 1. The lowest BCUT2D eigenvalue weighted by atomic mass is 10.2. The molecule has 1 unspecified atom stereocenters. The fourth-order valence-electron chi connectivity index (χ4n) is 1.94. The fourth-order valence-corrected chi connectivity index (χ4v) is 3.18. The highest BCUT2D eigenvalue weighted by Gasteiger charge is 2.20. The molecule has 1 aromatic carbocycles. The van der Waals surface area contributed by atoms with Crippen LogP contribution in [0.25, 0.3) is 11.0 Å². The number of rotatable bonds is 3. The van der Waals surface area contributed by atoms with Crippen LogP contribution in [0.3, 0.4) is 0 Å². The van der Waals surface area contributed by atoms with Gasteiger partial charge in [0.15, 0.2) is 0 Å². The molecule has 18 heavy (non-hydrogen) atoms. The Hall–Kier alpha value is -1.33. The molecule has 3 nitrogen and oxygen atoms in total. The molecule has 2 aromatic heterocycles. The lowest BCUT2D eigenvalue weighted by molar-refractivity contribution is 0.481. The first-order valence-electron chi connectivity index (χ1n) is 5.47. The fraction of sp³-hybridized carbons (Fsp3) is 0.0769. The largest absolute Gasteiger partial charge is 0.459 e. The Labute approximate surface area is 113 Å². The van der Waals surface area contributed by atoms with Crippen molar-refractivity contribution in [3.05, 3.63) is 57.4 Å². The molecule has 3 aromatic rings. The van der Waals surface area contributed by atoms with E-state index >= 15 is 0 Å². The predicted octanol–water partition coefficient (Wildman–Crippen LogP) is 3.70. The third kappa shape index (κ3) is 1.93. The number of fused-ring (bicyclic) bond motifs is 1. The summed E-state index contributed by atoms with van der Waals surface area (Å²) < 4.78 is 5.81. The molecule has 1 atom stereocenters. The Morgan fingerprint density at radius 3 is 2.78 bits per heavy atom. The van der Waals surface area contributed by atoms with Gasteiger partial charge in [-0.2, -0.15) is 0 Å². The predicted molar refractivity (Wildman–Crippen MR) is 74.7 cm³/mol. The second-order valence-electron chi connectivity index (χ2n) is 3.92. The summed E-state index contributed by atoms with van der Waals surface area (Å²) in [5.74, 6) is 6.39. The van der Waals surface area contributed by atoms with Gasteiger partial charge in [-0.25, -0.2) is 5.43 Å². The summed E-state index contributed by atoms with van der Waals surface area (Å²) in [5, 5.41) is 3.69. The minimum atomic E-state index is -0.218. The smallest absolute Gasteiger partial charge is 0.134 e. The summed E-state index contributed by atoms with van der Waals surface area (Å²) in [6.45, 7) is 0. The van der Waals surface area contributed by atoms with Gasteiger partial charge in [0.05, 0.1) is 5.02 Å². The van der Waals surface area contributed by atoms with Crippen molar-refractivity contribution in [2.45, 2.75) is 6.04 Å². The Morgan fingerprint density at radius 2 is 2.11 bits per heavy atom. The Kier molecular flexibility index (Phi) is 3.09. The van der Waals surface area contributed by atoms with Crippen LogP contribution in [0.1, 0.15) is 16.7 Å². The molecule has 2 heterocycles. The van der Waals surface area contributed by atoms with Gasteiger partial charge < -0.3 is 4.42 Å². The number of thiophene rings is 1. The molecule has 0 aliphatic rings. The third-order valence-electron chi connectivity index (χ3n) is 2.80. The van der Waals surface area contributed by atoms with E-state index in [9.17, 15) is 0 Å².